The molecule has 0 spiro atoms. The van der Waals surface area contributed by atoms with Gasteiger partial charge < -0.3 is 5.32 Å². The lowest BCUT2D eigenvalue weighted by Crippen LogP contribution is -2.16. The number of nitrogens with zero attached hydrogens (tertiary/aromatic N) is 1. The third kappa shape index (κ3) is 2.17. The molecule has 4 rings (SSSR count). The number of aryl methyl sites for hydroxylation is 2. The van der Waals surface area contributed by atoms with Crippen LogP contribution >= 0.6 is 11.3 Å². The number of rotatable bonds is 3. The largest absolute Gasteiger partial charge is 0.309 e. The van der Waals surface area contributed by atoms with E-state index in [0.29, 0.717) is 0 Å². The molecule has 2 heterocycles. The summed E-state index contributed by atoms with van der Waals surface area (Å²) in [6, 6.07) is 11.3. The molecule has 1 aliphatic carbocycles. The molecule has 0 bridgehead atoms. The van der Waals surface area contributed by atoms with Crippen LogP contribution in [0.15, 0.2) is 42.7 Å². The monoisotopic (exact) mass is 294 g/mol. The molecule has 2 aromatic heterocycles. The van der Waals surface area contributed by atoms with Crippen LogP contribution in [0.1, 0.15) is 33.3 Å². The van der Waals surface area contributed by atoms with Crippen molar-refractivity contribution in [2.45, 2.75) is 25.3 Å². The predicted octanol–water partition coefficient (Wildman–Crippen LogP) is 4.09. The van der Waals surface area contributed by atoms with Crippen molar-refractivity contribution in [3.63, 3.8) is 0 Å². The molecule has 0 amide bonds. The van der Waals surface area contributed by atoms with Crippen LogP contribution in [-0.4, -0.2) is 12.0 Å². The Morgan fingerprint density at radius 3 is 3.05 bits per heavy atom. The summed E-state index contributed by atoms with van der Waals surface area (Å²) in [5.74, 6) is 0. The van der Waals surface area contributed by atoms with Crippen molar-refractivity contribution in [2.75, 3.05) is 7.05 Å². The van der Waals surface area contributed by atoms with Crippen LogP contribution in [0.5, 0.6) is 0 Å². The van der Waals surface area contributed by atoms with E-state index in [4.69, 9.17) is 0 Å². The van der Waals surface area contributed by atoms with Crippen LogP contribution in [-0.2, 0) is 12.8 Å². The van der Waals surface area contributed by atoms with Gasteiger partial charge in [0.2, 0.25) is 0 Å². The number of hydrogen-bond donors (Lipinski definition) is 1. The topological polar surface area (TPSA) is 24.9 Å². The molecule has 0 saturated carbocycles. The lowest BCUT2D eigenvalue weighted by Gasteiger charge is -2.17. The second-order valence-corrected chi connectivity index (χ2v) is 6.78. The molecule has 0 fully saturated rings. The summed E-state index contributed by atoms with van der Waals surface area (Å²) in [4.78, 5) is 7.26. The average Bonchev–Trinajstić information content (AvgIpc) is 3.10. The Hall–Kier alpha value is -1.71. The molecule has 1 unspecified atom stereocenters. The molecule has 1 N–H and O–H groups in total. The Kier molecular flexibility index (Phi) is 3.24. The Morgan fingerprint density at radius 2 is 2.19 bits per heavy atom. The fraction of sp³-hybridized carbons (Fsp3) is 0.278. The highest BCUT2D eigenvalue weighted by atomic mass is 32.1. The summed E-state index contributed by atoms with van der Waals surface area (Å²) in [5, 5.41) is 6.01. The number of aromatic nitrogens is 1. The minimum atomic E-state index is 0.270. The van der Waals surface area contributed by atoms with Crippen LogP contribution in [0, 0.1) is 0 Å². The summed E-state index contributed by atoms with van der Waals surface area (Å²) < 4.78 is 0. The average molecular weight is 294 g/mol. The smallest absolute Gasteiger partial charge is 0.0674 e. The standard InChI is InChI=1S/C18H18N2S/c1-19-18(17-10-12-4-3-7-16(12)21-17)15-6-2-5-13-11-20-9-8-14(13)15/h2,5-6,8-11,18-19H,3-4,7H2,1H3. The van der Waals surface area contributed by atoms with E-state index in [0.717, 1.165) is 0 Å². The normalized spacial score (nSPS) is 15.3. The van der Waals surface area contributed by atoms with Crippen LogP contribution in [0.25, 0.3) is 10.8 Å². The first-order chi connectivity index (χ1) is 10.4. The molecule has 21 heavy (non-hydrogen) atoms. The second kappa shape index (κ2) is 5.24. The summed E-state index contributed by atoms with van der Waals surface area (Å²) in [6.07, 6.45) is 7.66. The highest BCUT2D eigenvalue weighted by molar-refractivity contribution is 7.12. The molecule has 1 aliphatic rings. The van der Waals surface area contributed by atoms with Crippen molar-refractivity contribution in [1.29, 1.82) is 0 Å². The first kappa shape index (κ1) is 13.0. The summed E-state index contributed by atoms with van der Waals surface area (Å²) in [6.45, 7) is 0. The first-order valence-electron chi connectivity index (χ1n) is 7.48. The molecule has 3 aromatic rings. The highest BCUT2D eigenvalue weighted by Crippen LogP contribution is 2.37. The van der Waals surface area contributed by atoms with Gasteiger partial charge in [0.15, 0.2) is 0 Å². The summed E-state index contributed by atoms with van der Waals surface area (Å²) in [7, 11) is 2.05. The molecule has 1 atom stereocenters. The fourth-order valence-electron chi connectivity index (χ4n) is 3.34. The van der Waals surface area contributed by atoms with E-state index in [1.807, 2.05) is 23.7 Å². The maximum atomic E-state index is 4.23. The van der Waals surface area contributed by atoms with Crippen molar-refractivity contribution >= 4 is 22.1 Å². The maximum Gasteiger partial charge on any atom is 0.0674 e. The number of fused-ring (bicyclic) bond motifs is 2. The summed E-state index contributed by atoms with van der Waals surface area (Å²) in [5.41, 5.74) is 2.91. The van der Waals surface area contributed by atoms with Gasteiger partial charge in [-0.05, 0) is 55.0 Å². The van der Waals surface area contributed by atoms with Gasteiger partial charge in [-0.2, -0.15) is 0 Å². The number of nitrogens with one attached hydrogen (secondary N) is 1. The highest BCUT2D eigenvalue weighted by Gasteiger charge is 2.21. The summed E-state index contributed by atoms with van der Waals surface area (Å²) >= 11 is 1.98. The molecule has 1 aromatic carbocycles. The van der Waals surface area contributed by atoms with Gasteiger partial charge in [-0.3, -0.25) is 4.98 Å². The molecule has 0 aliphatic heterocycles. The van der Waals surface area contributed by atoms with Crippen LogP contribution < -0.4 is 5.32 Å². The number of hydrogen-bond acceptors (Lipinski definition) is 3. The lowest BCUT2D eigenvalue weighted by molar-refractivity contribution is 0.708. The van der Waals surface area contributed by atoms with Gasteiger partial charge in [0.05, 0.1) is 6.04 Å². The minimum absolute atomic E-state index is 0.270. The fourth-order valence-corrected chi connectivity index (χ4v) is 4.73. The predicted molar refractivity (Wildman–Crippen MR) is 89.0 cm³/mol. The first-order valence-corrected chi connectivity index (χ1v) is 8.30. The van der Waals surface area contributed by atoms with E-state index in [1.54, 1.807) is 10.4 Å². The molecule has 0 radical (unpaired) electrons. The molecule has 3 heteroatoms. The van der Waals surface area contributed by atoms with Crippen molar-refractivity contribution in [3.8, 4) is 0 Å². The number of pyridine rings is 1. The zero-order valence-electron chi connectivity index (χ0n) is 12.1. The molecular formula is C18H18N2S. The van der Waals surface area contributed by atoms with Crippen molar-refractivity contribution in [1.82, 2.24) is 10.3 Å². The van der Waals surface area contributed by atoms with E-state index in [1.165, 1.54) is 40.5 Å². The minimum Gasteiger partial charge on any atom is -0.309 e. The van der Waals surface area contributed by atoms with Crippen LogP contribution in [0.2, 0.25) is 0 Å². The quantitative estimate of drug-likeness (QED) is 0.787. The van der Waals surface area contributed by atoms with Crippen molar-refractivity contribution in [2.24, 2.45) is 0 Å². The number of benzene rings is 1. The van der Waals surface area contributed by atoms with E-state index >= 15 is 0 Å². The van der Waals surface area contributed by atoms with Gasteiger partial charge in [-0.15, -0.1) is 11.3 Å². The van der Waals surface area contributed by atoms with Gasteiger partial charge in [0, 0.05) is 27.5 Å². The molecule has 106 valence electrons. The van der Waals surface area contributed by atoms with Gasteiger partial charge >= 0.3 is 0 Å². The molecule has 0 saturated heterocycles. The number of thiophene rings is 1. The Balaban J connectivity index is 1.84. The van der Waals surface area contributed by atoms with Gasteiger partial charge in [0.25, 0.3) is 0 Å². The van der Waals surface area contributed by atoms with Gasteiger partial charge in [-0.25, -0.2) is 0 Å². The van der Waals surface area contributed by atoms with Gasteiger partial charge in [-0.1, -0.05) is 18.2 Å². The lowest BCUT2D eigenvalue weighted by atomic mass is 9.98. The maximum absolute atomic E-state index is 4.23. The SMILES string of the molecule is CNC(c1cc2c(s1)CCC2)c1cccc2cnccc12. The Bertz CT molecular complexity index is 764. The molecular weight excluding hydrogens is 276 g/mol. The van der Waals surface area contributed by atoms with Crippen molar-refractivity contribution < 1.29 is 0 Å². The molecule has 2 nitrogen and oxygen atoms in total. The Morgan fingerprint density at radius 1 is 1.24 bits per heavy atom. The third-order valence-corrected chi connectivity index (χ3v) is 5.67. The van der Waals surface area contributed by atoms with Crippen molar-refractivity contribution in [3.05, 3.63) is 63.6 Å². The van der Waals surface area contributed by atoms with Crippen LogP contribution in [0.3, 0.4) is 0 Å². The van der Waals surface area contributed by atoms with E-state index < -0.39 is 0 Å². The van der Waals surface area contributed by atoms with E-state index in [2.05, 4.69) is 47.7 Å². The second-order valence-electron chi connectivity index (χ2n) is 5.62. The van der Waals surface area contributed by atoms with E-state index in [-0.39, 0.29) is 6.04 Å². The van der Waals surface area contributed by atoms with E-state index in [9.17, 15) is 0 Å². The van der Waals surface area contributed by atoms with Crippen LogP contribution in [0.4, 0.5) is 0 Å². The Labute approximate surface area is 128 Å². The third-order valence-electron chi connectivity index (χ3n) is 4.36. The zero-order chi connectivity index (χ0) is 14.2. The van der Waals surface area contributed by atoms with Gasteiger partial charge in [0.1, 0.15) is 0 Å². The zero-order valence-corrected chi connectivity index (χ0v) is 12.9.